The molecule has 0 amide bonds. The summed E-state index contributed by atoms with van der Waals surface area (Å²) in [6.07, 6.45) is 7.32. The zero-order valence-corrected chi connectivity index (χ0v) is 18.8. The van der Waals surface area contributed by atoms with Crippen LogP contribution in [0.25, 0.3) is 0 Å². The van der Waals surface area contributed by atoms with Crippen LogP contribution in [0.4, 0.5) is 0 Å². The Labute approximate surface area is 182 Å². The molecule has 1 aromatic heterocycles. The molecular formula is C23H28ClN5O. The van der Waals surface area contributed by atoms with Gasteiger partial charge in [0, 0.05) is 16.3 Å². The molecule has 0 bridgehead atoms. The van der Waals surface area contributed by atoms with E-state index in [4.69, 9.17) is 26.3 Å². The lowest BCUT2D eigenvalue weighted by Crippen LogP contribution is -2.42. The maximum atomic E-state index is 10.1. The van der Waals surface area contributed by atoms with Gasteiger partial charge in [-0.2, -0.15) is 5.26 Å². The van der Waals surface area contributed by atoms with E-state index in [2.05, 4.69) is 27.0 Å². The van der Waals surface area contributed by atoms with Gasteiger partial charge in [0.05, 0.1) is 25.1 Å². The van der Waals surface area contributed by atoms with Gasteiger partial charge in [0.1, 0.15) is 11.6 Å². The van der Waals surface area contributed by atoms with Gasteiger partial charge in [-0.05, 0) is 56.7 Å². The minimum atomic E-state index is -0.121. The van der Waals surface area contributed by atoms with Crippen molar-refractivity contribution in [3.8, 4) is 11.9 Å². The van der Waals surface area contributed by atoms with Crippen molar-refractivity contribution in [2.75, 3.05) is 12.1 Å². The Bertz CT molecular complexity index is 1070. The number of aryl methyl sites for hydroxylation is 1. The van der Waals surface area contributed by atoms with Gasteiger partial charge in [-0.3, -0.25) is 4.99 Å². The summed E-state index contributed by atoms with van der Waals surface area (Å²) in [6, 6.07) is 5.84. The van der Waals surface area contributed by atoms with Crippen molar-refractivity contribution in [1.82, 2.24) is 9.66 Å². The molecule has 158 valence electrons. The van der Waals surface area contributed by atoms with E-state index in [0.717, 1.165) is 54.7 Å². The molecule has 0 saturated carbocycles. The zero-order chi connectivity index (χ0) is 21.4. The van der Waals surface area contributed by atoms with Gasteiger partial charge in [-0.1, -0.05) is 31.5 Å². The van der Waals surface area contributed by atoms with Crippen molar-refractivity contribution in [2.24, 2.45) is 4.99 Å². The second-order valence-electron chi connectivity index (χ2n) is 8.03. The van der Waals surface area contributed by atoms with E-state index < -0.39 is 0 Å². The number of benzene rings is 1. The van der Waals surface area contributed by atoms with Gasteiger partial charge in [0.2, 0.25) is 6.19 Å². The SMILES string of the molecule is CCC(CC)N=c1c2c(nc3n1N(C#N)C(C)C3c1ccc(OC)cc1Cl)CCC2. The maximum absolute atomic E-state index is 10.1. The van der Waals surface area contributed by atoms with Crippen molar-refractivity contribution in [3.05, 3.63) is 51.4 Å². The minimum Gasteiger partial charge on any atom is -0.497 e. The van der Waals surface area contributed by atoms with Crippen LogP contribution >= 0.6 is 11.6 Å². The summed E-state index contributed by atoms with van der Waals surface area (Å²) in [5.41, 5.74) is 4.17. The molecule has 2 heterocycles. The number of nitrogens with zero attached hydrogens (tertiary/aromatic N) is 5. The van der Waals surface area contributed by atoms with Gasteiger partial charge >= 0.3 is 0 Å². The number of methoxy groups -OCH3 is 1. The molecule has 1 aromatic carbocycles. The number of rotatable bonds is 5. The summed E-state index contributed by atoms with van der Waals surface area (Å²) in [6.45, 7) is 6.37. The van der Waals surface area contributed by atoms with E-state index >= 15 is 0 Å². The van der Waals surface area contributed by atoms with E-state index in [9.17, 15) is 5.26 Å². The molecule has 2 aromatic rings. The van der Waals surface area contributed by atoms with Crippen LogP contribution in [0.5, 0.6) is 5.75 Å². The molecule has 2 atom stereocenters. The van der Waals surface area contributed by atoms with Crippen molar-refractivity contribution >= 4 is 11.6 Å². The monoisotopic (exact) mass is 425 g/mol. The van der Waals surface area contributed by atoms with Gasteiger partial charge in [-0.15, -0.1) is 0 Å². The quantitative estimate of drug-likeness (QED) is 0.677. The minimum absolute atomic E-state index is 0.119. The van der Waals surface area contributed by atoms with Crippen LogP contribution in [0.3, 0.4) is 0 Å². The third-order valence-electron chi connectivity index (χ3n) is 6.38. The second kappa shape index (κ2) is 8.31. The Morgan fingerprint density at radius 2 is 2.10 bits per heavy atom. The molecule has 4 rings (SSSR count). The van der Waals surface area contributed by atoms with Crippen LogP contribution in [0.1, 0.15) is 68.6 Å². The molecule has 0 N–H and O–H groups in total. The first kappa shape index (κ1) is 20.7. The molecule has 0 saturated heterocycles. The Balaban J connectivity index is 1.98. The average Bonchev–Trinajstić information content (AvgIpc) is 3.33. The van der Waals surface area contributed by atoms with Gasteiger partial charge in [0.15, 0.2) is 5.49 Å². The van der Waals surface area contributed by atoms with Gasteiger partial charge in [-0.25, -0.2) is 14.7 Å². The van der Waals surface area contributed by atoms with Gasteiger partial charge in [0.25, 0.3) is 0 Å². The van der Waals surface area contributed by atoms with E-state index in [1.807, 2.05) is 22.9 Å². The smallest absolute Gasteiger partial charge is 0.200 e. The maximum Gasteiger partial charge on any atom is 0.200 e. The lowest BCUT2D eigenvalue weighted by Gasteiger charge is -2.20. The number of fused-ring (bicyclic) bond motifs is 2. The van der Waals surface area contributed by atoms with Crippen LogP contribution in [-0.2, 0) is 12.8 Å². The largest absolute Gasteiger partial charge is 0.497 e. The highest BCUT2D eigenvalue weighted by molar-refractivity contribution is 6.31. The third kappa shape index (κ3) is 3.26. The molecular weight excluding hydrogens is 398 g/mol. The number of ether oxygens (including phenoxy) is 1. The lowest BCUT2D eigenvalue weighted by molar-refractivity contribution is 0.414. The molecule has 7 heteroatoms. The normalized spacial score (nSPS) is 20.4. The number of hydrogen-bond acceptors (Lipinski definition) is 5. The van der Waals surface area contributed by atoms with Crippen LogP contribution in [0.15, 0.2) is 23.2 Å². The molecule has 30 heavy (non-hydrogen) atoms. The molecule has 2 aliphatic rings. The Morgan fingerprint density at radius 3 is 2.73 bits per heavy atom. The van der Waals surface area contributed by atoms with Gasteiger partial charge < -0.3 is 4.74 Å². The zero-order valence-electron chi connectivity index (χ0n) is 18.0. The highest BCUT2D eigenvalue weighted by atomic mass is 35.5. The highest BCUT2D eigenvalue weighted by Crippen LogP contribution is 2.39. The fourth-order valence-corrected chi connectivity index (χ4v) is 4.95. The molecule has 0 spiro atoms. The first-order chi connectivity index (χ1) is 14.5. The third-order valence-corrected chi connectivity index (χ3v) is 6.71. The number of aromatic nitrogens is 2. The fraction of sp³-hybridized carbons (Fsp3) is 0.522. The first-order valence-electron chi connectivity index (χ1n) is 10.7. The van der Waals surface area contributed by atoms with Crippen LogP contribution in [-0.4, -0.2) is 28.9 Å². The summed E-state index contributed by atoms with van der Waals surface area (Å²) in [5.74, 6) is 1.44. The Kier molecular flexibility index (Phi) is 5.75. The lowest BCUT2D eigenvalue weighted by atomic mass is 9.92. The fourth-order valence-electron chi connectivity index (χ4n) is 4.67. The molecule has 0 radical (unpaired) electrons. The van der Waals surface area contributed by atoms with E-state index in [-0.39, 0.29) is 18.0 Å². The molecule has 2 unspecified atom stereocenters. The van der Waals surface area contributed by atoms with E-state index in [1.165, 1.54) is 5.56 Å². The van der Waals surface area contributed by atoms with Crippen molar-refractivity contribution in [1.29, 1.82) is 5.26 Å². The van der Waals surface area contributed by atoms with Crippen LogP contribution in [0.2, 0.25) is 5.02 Å². The summed E-state index contributed by atoms with van der Waals surface area (Å²) < 4.78 is 7.27. The molecule has 0 fully saturated rings. The summed E-state index contributed by atoms with van der Waals surface area (Å²) in [5, 5.41) is 12.4. The summed E-state index contributed by atoms with van der Waals surface area (Å²) in [4.78, 5) is 10.2. The number of nitriles is 1. The first-order valence-corrected chi connectivity index (χ1v) is 11.1. The topological polar surface area (TPSA) is 66.4 Å². The predicted octanol–water partition coefficient (Wildman–Crippen LogP) is 4.08. The standard InChI is InChI=1S/C23H28ClN5O/c1-5-15(6-2)26-22-18-8-7-9-20(18)27-23-21(14(3)28(13-25)29(22)23)17-11-10-16(30-4)12-19(17)24/h10-12,14-15,21H,5-9H2,1-4H3. The van der Waals surface area contributed by atoms with E-state index in [1.54, 1.807) is 12.1 Å². The number of halogens is 1. The second-order valence-corrected chi connectivity index (χ2v) is 8.44. The molecule has 1 aliphatic heterocycles. The molecule has 6 nitrogen and oxygen atoms in total. The van der Waals surface area contributed by atoms with Crippen LogP contribution < -0.4 is 15.2 Å². The Hall–Kier alpha value is -2.52. The van der Waals surface area contributed by atoms with Crippen LogP contribution in [0, 0.1) is 11.5 Å². The van der Waals surface area contributed by atoms with Crippen molar-refractivity contribution < 1.29 is 4.74 Å². The molecule has 1 aliphatic carbocycles. The van der Waals surface area contributed by atoms with E-state index in [0.29, 0.717) is 10.8 Å². The highest BCUT2D eigenvalue weighted by Gasteiger charge is 2.41. The average molecular weight is 426 g/mol. The van der Waals surface area contributed by atoms with Crippen molar-refractivity contribution in [2.45, 2.75) is 70.9 Å². The predicted molar refractivity (Wildman–Crippen MR) is 117 cm³/mol. The van der Waals surface area contributed by atoms with Crippen molar-refractivity contribution in [3.63, 3.8) is 0 Å². The summed E-state index contributed by atoms with van der Waals surface area (Å²) >= 11 is 6.66. The number of hydrogen-bond donors (Lipinski definition) is 0. The Morgan fingerprint density at radius 1 is 1.33 bits per heavy atom. The summed E-state index contributed by atoms with van der Waals surface area (Å²) in [7, 11) is 1.63.